The van der Waals surface area contributed by atoms with E-state index in [0.29, 0.717) is 6.54 Å². The molecule has 154 valence electrons. The van der Waals surface area contributed by atoms with Gasteiger partial charge in [0.15, 0.2) is 0 Å². The Morgan fingerprint density at radius 1 is 0.839 bits per heavy atom. The Morgan fingerprint density at radius 3 is 2.23 bits per heavy atom. The molecule has 1 N–H and O–H groups in total. The quantitative estimate of drug-likeness (QED) is 0.340. The smallest absolute Gasteiger partial charge is 0.270 e. The number of nitrogens with one attached hydrogen (secondary N) is 1. The minimum absolute atomic E-state index is 0.0869. The number of nitro benzene ring substituents is 2. The van der Waals surface area contributed by atoms with E-state index in [1.807, 2.05) is 35.0 Å². The normalized spacial score (nSPS) is 10.6. The molecule has 0 saturated heterocycles. The van der Waals surface area contributed by atoms with Crippen molar-refractivity contribution in [2.45, 2.75) is 6.54 Å². The summed E-state index contributed by atoms with van der Waals surface area (Å²) in [5.41, 5.74) is 3.02. The lowest BCUT2D eigenvalue weighted by Crippen LogP contribution is -2.00. The molecule has 0 aliphatic heterocycles. The Kier molecular flexibility index (Phi) is 5.35. The summed E-state index contributed by atoms with van der Waals surface area (Å²) in [6, 6.07) is 19.3. The summed E-state index contributed by atoms with van der Waals surface area (Å²) in [6.07, 6.45) is 3.22. The van der Waals surface area contributed by atoms with Gasteiger partial charge in [0.2, 0.25) is 0 Å². The van der Waals surface area contributed by atoms with E-state index in [1.54, 1.807) is 30.6 Å². The molecule has 0 bridgehead atoms. The van der Waals surface area contributed by atoms with Crippen molar-refractivity contribution in [2.75, 3.05) is 0 Å². The summed E-state index contributed by atoms with van der Waals surface area (Å²) >= 11 is 0. The van der Waals surface area contributed by atoms with Gasteiger partial charge in [-0.05, 0) is 17.7 Å². The Balaban J connectivity index is 0.000000166. The van der Waals surface area contributed by atoms with Gasteiger partial charge in [-0.15, -0.1) is 0 Å². The van der Waals surface area contributed by atoms with Crippen LogP contribution >= 0.6 is 0 Å². The van der Waals surface area contributed by atoms with E-state index in [-0.39, 0.29) is 11.4 Å². The van der Waals surface area contributed by atoms with Gasteiger partial charge in [0.25, 0.3) is 11.4 Å². The molecule has 0 aliphatic rings. The average molecular weight is 416 g/mol. The second kappa shape index (κ2) is 8.41. The zero-order valence-electron chi connectivity index (χ0n) is 16.1. The first-order chi connectivity index (χ1) is 15.0. The number of H-pyrrole nitrogens is 1. The topological polar surface area (TPSA) is 133 Å². The highest BCUT2D eigenvalue weighted by molar-refractivity contribution is 5.81. The van der Waals surface area contributed by atoms with Crippen LogP contribution in [0.2, 0.25) is 0 Å². The lowest BCUT2D eigenvalue weighted by atomic mass is 10.2. The standard InChI is InChI=1S/C14H11N3O2.C7H5N3O2/c18-17(19)13-6-7-14-12(8-13)9-15-16(14)10-11-4-2-1-3-5-11;11-10(12)6-1-2-7-5(3-6)4-8-9-7/h1-9H,10H2;1-4H,(H,8,9). The molecule has 3 aromatic carbocycles. The minimum atomic E-state index is -0.424. The molecule has 0 saturated carbocycles. The zero-order valence-corrected chi connectivity index (χ0v) is 16.1. The van der Waals surface area contributed by atoms with E-state index < -0.39 is 9.85 Å². The third-order valence-corrected chi connectivity index (χ3v) is 4.65. The summed E-state index contributed by atoms with van der Waals surface area (Å²) in [5.74, 6) is 0. The first-order valence-electron chi connectivity index (χ1n) is 9.23. The fourth-order valence-corrected chi connectivity index (χ4v) is 3.11. The fraction of sp³-hybridized carbons (Fsp3) is 0.0476. The summed E-state index contributed by atoms with van der Waals surface area (Å²) in [7, 11) is 0. The summed E-state index contributed by atoms with van der Waals surface area (Å²) < 4.78 is 1.84. The van der Waals surface area contributed by atoms with Gasteiger partial charge in [-0.2, -0.15) is 10.2 Å². The SMILES string of the molecule is O=[N+]([O-])c1ccc2[nH]ncc2c1.O=[N+]([O-])c1ccc2c(cnn2Cc2ccccc2)c1. The van der Waals surface area contributed by atoms with E-state index in [0.717, 1.165) is 27.4 Å². The van der Waals surface area contributed by atoms with Crippen molar-refractivity contribution < 1.29 is 9.85 Å². The number of nitrogens with zero attached hydrogens (tertiary/aromatic N) is 5. The number of aromatic amines is 1. The lowest BCUT2D eigenvalue weighted by molar-refractivity contribution is -0.384. The van der Waals surface area contributed by atoms with E-state index in [1.165, 1.54) is 18.2 Å². The number of non-ortho nitro benzene ring substituents is 2. The first-order valence-corrected chi connectivity index (χ1v) is 9.23. The van der Waals surface area contributed by atoms with Crippen LogP contribution in [0.1, 0.15) is 5.56 Å². The van der Waals surface area contributed by atoms with Crippen LogP contribution in [-0.4, -0.2) is 29.8 Å². The van der Waals surface area contributed by atoms with Gasteiger partial charge < -0.3 is 0 Å². The van der Waals surface area contributed by atoms with Gasteiger partial charge in [0.1, 0.15) is 0 Å². The molecule has 5 aromatic rings. The van der Waals surface area contributed by atoms with Crippen molar-refractivity contribution in [2.24, 2.45) is 0 Å². The molecule has 2 aromatic heterocycles. The van der Waals surface area contributed by atoms with Crippen molar-refractivity contribution in [3.05, 3.63) is 105 Å². The number of aromatic nitrogens is 4. The Morgan fingerprint density at radius 2 is 1.52 bits per heavy atom. The monoisotopic (exact) mass is 416 g/mol. The van der Waals surface area contributed by atoms with Crippen LogP contribution in [-0.2, 0) is 6.54 Å². The highest BCUT2D eigenvalue weighted by Crippen LogP contribution is 2.21. The van der Waals surface area contributed by atoms with Gasteiger partial charge in [-0.25, -0.2) is 0 Å². The molecule has 0 amide bonds. The maximum atomic E-state index is 10.7. The van der Waals surface area contributed by atoms with E-state index in [9.17, 15) is 20.2 Å². The predicted octanol–water partition coefficient (Wildman–Crippen LogP) is 4.46. The number of fused-ring (bicyclic) bond motifs is 2. The Bertz CT molecular complexity index is 1380. The van der Waals surface area contributed by atoms with Crippen LogP contribution in [0.15, 0.2) is 79.1 Å². The second-order valence-corrected chi connectivity index (χ2v) is 6.69. The second-order valence-electron chi connectivity index (χ2n) is 6.69. The predicted molar refractivity (Wildman–Crippen MR) is 115 cm³/mol. The number of hydrogen-bond acceptors (Lipinski definition) is 6. The molecule has 2 heterocycles. The number of nitro groups is 2. The molecule has 0 spiro atoms. The van der Waals surface area contributed by atoms with E-state index in [4.69, 9.17) is 0 Å². The van der Waals surface area contributed by atoms with Crippen molar-refractivity contribution in [3.8, 4) is 0 Å². The van der Waals surface area contributed by atoms with Crippen molar-refractivity contribution in [3.63, 3.8) is 0 Å². The van der Waals surface area contributed by atoms with Crippen molar-refractivity contribution >= 4 is 33.2 Å². The molecule has 31 heavy (non-hydrogen) atoms. The minimum Gasteiger partial charge on any atom is -0.278 e. The molecule has 10 heteroatoms. The zero-order chi connectivity index (χ0) is 21.8. The van der Waals surface area contributed by atoms with Gasteiger partial charge in [0, 0.05) is 35.0 Å². The molecule has 0 aliphatic carbocycles. The molecule has 0 unspecified atom stereocenters. The molecule has 0 fully saturated rings. The van der Waals surface area contributed by atoms with Gasteiger partial charge in [-0.1, -0.05) is 30.3 Å². The summed E-state index contributed by atoms with van der Waals surface area (Å²) in [6.45, 7) is 0.655. The van der Waals surface area contributed by atoms with Crippen LogP contribution in [0, 0.1) is 20.2 Å². The molecule has 0 radical (unpaired) electrons. The maximum absolute atomic E-state index is 10.7. The Labute approximate surface area is 175 Å². The van der Waals surface area contributed by atoms with Gasteiger partial charge in [-0.3, -0.25) is 30.0 Å². The van der Waals surface area contributed by atoms with Crippen molar-refractivity contribution in [1.82, 2.24) is 20.0 Å². The van der Waals surface area contributed by atoms with Gasteiger partial charge in [0.05, 0.1) is 39.8 Å². The molecule has 0 atom stereocenters. The third kappa shape index (κ3) is 4.37. The van der Waals surface area contributed by atoms with Crippen LogP contribution < -0.4 is 0 Å². The Hall–Kier alpha value is -4.60. The molecule has 5 rings (SSSR count). The highest BCUT2D eigenvalue weighted by Gasteiger charge is 2.10. The third-order valence-electron chi connectivity index (χ3n) is 4.65. The van der Waals surface area contributed by atoms with E-state index in [2.05, 4.69) is 15.3 Å². The molecule has 10 nitrogen and oxygen atoms in total. The average Bonchev–Trinajstić information content (AvgIpc) is 3.41. The van der Waals surface area contributed by atoms with Crippen LogP contribution in [0.4, 0.5) is 11.4 Å². The fourth-order valence-electron chi connectivity index (χ4n) is 3.11. The number of benzene rings is 3. The van der Waals surface area contributed by atoms with Crippen LogP contribution in [0.25, 0.3) is 21.8 Å². The van der Waals surface area contributed by atoms with Crippen molar-refractivity contribution in [1.29, 1.82) is 0 Å². The van der Waals surface area contributed by atoms with Crippen LogP contribution in [0.5, 0.6) is 0 Å². The van der Waals surface area contributed by atoms with Crippen LogP contribution in [0.3, 0.4) is 0 Å². The number of hydrogen-bond donors (Lipinski definition) is 1. The summed E-state index contributed by atoms with van der Waals surface area (Å²) in [5, 5.41) is 33.4. The van der Waals surface area contributed by atoms with Gasteiger partial charge >= 0.3 is 0 Å². The van der Waals surface area contributed by atoms with E-state index >= 15 is 0 Å². The first kappa shape index (κ1) is 19.7. The molecular formula is C21H16N6O4. The highest BCUT2D eigenvalue weighted by atomic mass is 16.6. The molecular weight excluding hydrogens is 400 g/mol. The number of rotatable bonds is 4. The largest absolute Gasteiger partial charge is 0.278 e. The summed E-state index contributed by atoms with van der Waals surface area (Å²) in [4.78, 5) is 20.2. The lowest BCUT2D eigenvalue weighted by Gasteiger charge is -2.03. The maximum Gasteiger partial charge on any atom is 0.270 e.